The third kappa shape index (κ3) is 3.22. The summed E-state index contributed by atoms with van der Waals surface area (Å²) in [4.78, 5) is 17.9. The number of hydrogen-bond acceptors (Lipinski definition) is 2. The number of aryl methyl sites for hydroxylation is 1. The van der Waals surface area contributed by atoms with Crippen molar-refractivity contribution in [2.45, 2.75) is 50.9 Å². The predicted molar refractivity (Wildman–Crippen MR) is 65.4 cm³/mol. The molecule has 0 unspecified atom stereocenters. The lowest BCUT2D eigenvalue weighted by Crippen LogP contribution is -2.05. The highest BCUT2D eigenvalue weighted by molar-refractivity contribution is 6.30. The molecular formula is C12H17ClN2O2. The molecular weight excluding hydrogens is 240 g/mol. The van der Waals surface area contributed by atoms with Crippen LogP contribution in [0.3, 0.4) is 0 Å². The number of halogens is 1. The number of imidazole rings is 1. The number of carboxylic acid groups (broad SMARTS) is 1. The largest absolute Gasteiger partial charge is 0.481 e. The summed E-state index contributed by atoms with van der Waals surface area (Å²) in [6, 6.07) is 0. The van der Waals surface area contributed by atoms with Gasteiger partial charge >= 0.3 is 5.97 Å². The second kappa shape index (κ2) is 5.54. The maximum atomic E-state index is 10.5. The molecule has 0 bridgehead atoms. The standard InChI is InChI=1S/C12H17ClN2O2/c13-12-11(8-4-2-1-3-5-8)14-9(15-12)6-7-10(16)17/h8H,1-7H2,(H,14,15)(H,16,17). The molecule has 0 amide bonds. The van der Waals surface area contributed by atoms with Gasteiger partial charge in [-0.15, -0.1) is 0 Å². The van der Waals surface area contributed by atoms with E-state index in [0.29, 0.717) is 23.3 Å². The maximum absolute atomic E-state index is 10.5. The van der Waals surface area contributed by atoms with Gasteiger partial charge in [0.1, 0.15) is 5.82 Å². The summed E-state index contributed by atoms with van der Waals surface area (Å²) >= 11 is 6.10. The smallest absolute Gasteiger partial charge is 0.303 e. The highest BCUT2D eigenvalue weighted by Crippen LogP contribution is 2.34. The van der Waals surface area contributed by atoms with Gasteiger partial charge in [0.25, 0.3) is 0 Å². The van der Waals surface area contributed by atoms with Gasteiger partial charge in [-0.05, 0) is 12.8 Å². The second-order valence-corrected chi connectivity index (χ2v) is 4.97. The second-order valence-electron chi connectivity index (χ2n) is 4.62. The summed E-state index contributed by atoms with van der Waals surface area (Å²) in [5, 5.41) is 9.15. The van der Waals surface area contributed by atoms with Gasteiger partial charge in [-0.1, -0.05) is 30.9 Å². The first-order valence-corrected chi connectivity index (χ1v) is 6.50. The molecule has 0 radical (unpaired) electrons. The van der Waals surface area contributed by atoms with Gasteiger partial charge in [-0.25, -0.2) is 4.98 Å². The highest BCUT2D eigenvalue weighted by Gasteiger charge is 2.21. The summed E-state index contributed by atoms with van der Waals surface area (Å²) in [6.45, 7) is 0. The molecule has 94 valence electrons. The lowest BCUT2D eigenvalue weighted by molar-refractivity contribution is -0.137. The van der Waals surface area contributed by atoms with Crippen molar-refractivity contribution in [1.82, 2.24) is 9.97 Å². The third-order valence-electron chi connectivity index (χ3n) is 3.32. The van der Waals surface area contributed by atoms with E-state index >= 15 is 0 Å². The van der Waals surface area contributed by atoms with Crippen molar-refractivity contribution in [1.29, 1.82) is 0 Å². The van der Waals surface area contributed by atoms with Gasteiger partial charge in [0.2, 0.25) is 0 Å². The fourth-order valence-corrected chi connectivity index (χ4v) is 2.72. The Balaban J connectivity index is 2.04. The molecule has 4 nitrogen and oxygen atoms in total. The molecule has 1 saturated carbocycles. The lowest BCUT2D eigenvalue weighted by Gasteiger charge is -2.20. The number of aromatic nitrogens is 2. The molecule has 0 aromatic carbocycles. The van der Waals surface area contributed by atoms with Crippen molar-refractivity contribution < 1.29 is 9.90 Å². The number of nitrogens with one attached hydrogen (secondary N) is 1. The molecule has 2 rings (SSSR count). The molecule has 0 aliphatic heterocycles. The van der Waals surface area contributed by atoms with Crippen molar-refractivity contribution in [2.75, 3.05) is 0 Å². The van der Waals surface area contributed by atoms with Crippen LogP contribution in [0.5, 0.6) is 0 Å². The molecule has 1 fully saturated rings. The van der Waals surface area contributed by atoms with Gasteiger partial charge in [-0.2, -0.15) is 0 Å². The quantitative estimate of drug-likeness (QED) is 0.870. The Morgan fingerprint density at radius 3 is 2.76 bits per heavy atom. The SMILES string of the molecule is O=C(O)CCc1nc(Cl)c(C2CCCCC2)[nH]1. The fourth-order valence-electron chi connectivity index (χ4n) is 2.42. The van der Waals surface area contributed by atoms with Crippen LogP contribution in [-0.4, -0.2) is 21.0 Å². The predicted octanol–water partition coefficient (Wildman–Crippen LogP) is 3.13. The zero-order valence-electron chi connectivity index (χ0n) is 9.71. The van der Waals surface area contributed by atoms with Gasteiger partial charge < -0.3 is 10.1 Å². The number of carboxylic acids is 1. The number of H-pyrrole nitrogens is 1. The van der Waals surface area contributed by atoms with E-state index in [9.17, 15) is 4.79 Å². The van der Waals surface area contributed by atoms with E-state index in [1.807, 2.05) is 0 Å². The van der Waals surface area contributed by atoms with E-state index in [0.717, 1.165) is 18.5 Å². The molecule has 1 heterocycles. The Kier molecular flexibility index (Phi) is 4.05. The van der Waals surface area contributed by atoms with Gasteiger partial charge in [0.05, 0.1) is 12.1 Å². The van der Waals surface area contributed by atoms with Crippen molar-refractivity contribution in [2.24, 2.45) is 0 Å². The summed E-state index contributed by atoms with van der Waals surface area (Å²) in [7, 11) is 0. The van der Waals surface area contributed by atoms with Gasteiger partial charge in [0, 0.05) is 12.3 Å². The maximum Gasteiger partial charge on any atom is 0.303 e. The Labute approximate surface area is 105 Å². The topological polar surface area (TPSA) is 66.0 Å². The normalized spacial score (nSPS) is 17.2. The van der Waals surface area contributed by atoms with E-state index in [1.165, 1.54) is 19.3 Å². The summed E-state index contributed by atoms with van der Waals surface area (Å²) in [6.07, 6.45) is 6.60. The zero-order chi connectivity index (χ0) is 12.3. The monoisotopic (exact) mass is 256 g/mol. The minimum Gasteiger partial charge on any atom is -0.481 e. The average molecular weight is 257 g/mol. The van der Waals surface area contributed by atoms with Crippen LogP contribution in [-0.2, 0) is 11.2 Å². The number of rotatable bonds is 4. The third-order valence-corrected chi connectivity index (χ3v) is 3.61. The first-order chi connectivity index (χ1) is 8.16. The summed E-state index contributed by atoms with van der Waals surface area (Å²) in [5.74, 6) is 0.358. The van der Waals surface area contributed by atoms with E-state index in [4.69, 9.17) is 16.7 Å². The zero-order valence-corrected chi connectivity index (χ0v) is 10.5. The molecule has 0 atom stereocenters. The molecule has 0 spiro atoms. The first-order valence-electron chi connectivity index (χ1n) is 6.13. The van der Waals surface area contributed by atoms with Crippen molar-refractivity contribution in [3.63, 3.8) is 0 Å². The Morgan fingerprint density at radius 1 is 1.41 bits per heavy atom. The van der Waals surface area contributed by atoms with Crippen LogP contribution in [0.2, 0.25) is 5.15 Å². The van der Waals surface area contributed by atoms with Crippen molar-refractivity contribution in [3.05, 3.63) is 16.7 Å². The van der Waals surface area contributed by atoms with Crippen LogP contribution in [0.25, 0.3) is 0 Å². The molecule has 17 heavy (non-hydrogen) atoms. The Hall–Kier alpha value is -1.03. The number of carbonyl (C=O) groups is 1. The number of nitrogens with zero attached hydrogens (tertiary/aromatic N) is 1. The van der Waals surface area contributed by atoms with Crippen LogP contribution < -0.4 is 0 Å². The van der Waals surface area contributed by atoms with Crippen LogP contribution in [0.15, 0.2) is 0 Å². The fraction of sp³-hybridized carbons (Fsp3) is 0.667. The van der Waals surface area contributed by atoms with Crippen LogP contribution in [0.4, 0.5) is 0 Å². The molecule has 1 aliphatic rings. The minimum absolute atomic E-state index is 0.0912. The first kappa shape index (κ1) is 12.4. The van der Waals surface area contributed by atoms with Crippen molar-refractivity contribution >= 4 is 17.6 Å². The van der Waals surface area contributed by atoms with Crippen LogP contribution in [0.1, 0.15) is 56.0 Å². The van der Waals surface area contributed by atoms with Gasteiger partial charge in [0.15, 0.2) is 5.15 Å². The lowest BCUT2D eigenvalue weighted by atomic mass is 9.87. The summed E-state index contributed by atoms with van der Waals surface area (Å²) < 4.78 is 0. The van der Waals surface area contributed by atoms with Crippen LogP contribution in [0, 0.1) is 0 Å². The molecule has 1 aromatic heterocycles. The minimum atomic E-state index is -0.809. The van der Waals surface area contributed by atoms with E-state index in [2.05, 4.69) is 9.97 Å². The molecule has 1 aliphatic carbocycles. The number of aromatic amines is 1. The van der Waals surface area contributed by atoms with Crippen molar-refractivity contribution in [3.8, 4) is 0 Å². The molecule has 0 saturated heterocycles. The molecule has 1 aromatic rings. The Bertz CT molecular complexity index is 397. The van der Waals surface area contributed by atoms with E-state index < -0.39 is 5.97 Å². The summed E-state index contributed by atoms with van der Waals surface area (Å²) in [5.41, 5.74) is 1.01. The van der Waals surface area contributed by atoms with Gasteiger partial charge in [-0.3, -0.25) is 4.79 Å². The molecule has 2 N–H and O–H groups in total. The van der Waals surface area contributed by atoms with E-state index in [1.54, 1.807) is 0 Å². The number of hydrogen-bond donors (Lipinski definition) is 2. The van der Waals surface area contributed by atoms with E-state index in [-0.39, 0.29) is 6.42 Å². The average Bonchev–Trinajstić information content (AvgIpc) is 2.69. The van der Waals surface area contributed by atoms with Crippen LogP contribution >= 0.6 is 11.6 Å². The number of aliphatic carboxylic acids is 1. The highest BCUT2D eigenvalue weighted by atomic mass is 35.5. The Morgan fingerprint density at radius 2 is 2.12 bits per heavy atom. The molecule has 5 heteroatoms.